The van der Waals surface area contributed by atoms with Crippen LogP contribution >= 0.6 is 0 Å². The quantitative estimate of drug-likeness (QED) is 0.135. The molecular weight excluding hydrogens is 412 g/mol. The van der Waals surface area contributed by atoms with E-state index in [9.17, 15) is 8.42 Å². The predicted molar refractivity (Wildman–Crippen MR) is 141 cm³/mol. The van der Waals surface area contributed by atoms with E-state index in [0.29, 0.717) is 4.90 Å². The van der Waals surface area contributed by atoms with Gasteiger partial charge in [0.05, 0.1) is 10.1 Å². The highest BCUT2D eigenvalue weighted by atomic mass is 32.2. The van der Waals surface area contributed by atoms with Gasteiger partial charge in [-0.3, -0.25) is 0 Å². The van der Waals surface area contributed by atoms with Gasteiger partial charge in [0.25, 0.3) is 0 Å². The summed E-state index contributed by atoms with van der Waals surface area (Å²) in [5, 5.41) is -0.221. The minimum absolute atomic E-state index is 0.221. The van der Waals surface area contributed by atoms with Crippen LogP contribution in [-0.4, -0.2) is 13.7 Å². The van der Waals surface area contributed by atoms with Crippen LogP contribution in [0, 0.1) is 0 Å². The van der Waals surface area contributed by atoms with Crippen LogP contribution in [0.3, 0.4) is 0 Å². The van der Waals surface area contributed by atoms with E-state index in [0.717, 1.165) is 44.9 Å². The largest absolute Gasteiger partial charge is 0.223 e. The molecule has 0 spiro atoms. The number of unbranched alkanes of at least 4 members (excludes halogenated alkanes) is 13. The van der Waals surface area contributed by atoms with Crippen molar-refractivity contribution in [1.82, 2.24) is 0 Å². The van der Waals surface area contributed by atoms with Gasteiger partial charge in [-0.05, 0) is 50.7 Å². The third-order valence-corrected chi connectivity index (χ3v) is 8.71. The number of hydrogen-bond acceptors (Lipinski definition) is 2. The van der Waals surface area contributed by atoms with E-state index in [4.69, 9.17) is 0 Å². The average molecular weight is 463 g/mol. The fraction of sp³-hybridized carbons (Fsp3) is 0.724. The number of allylic oxidation sites excluding steroid dienone is 2. The molecule has 0 heterocycles. The van der Waals surface area contributed by atoms with Crippen molar-refractivity contribution in [2.75, 3.05) is 0 Å². The minimum Gasteiger partial charge on any atom is -0.223 e. The Morgan fingerprint density at radius 3 is 1.62 bits per heavy atom. The maximum atomic E-state index is 13.1. The summed E-state index contributed by atoms with van der Waals surface area (Å²) in [6, 6.07) is 9.05. The third-order valence-electron chi connectivity index (χ3n) is 6.43. The standard InChI is InChI=1S/C29H50O2S/c1-3-5-7-8-9-10-11-12-13-14-15-16-17-18-21-25-28(24-20-6-4-2)32(30,31)29-26-22-19-23-27-29/h12-13,19,22-23,26-28H,3-11,14-18,20-21,24-25H2,1-2H3. The van der Waals surface area contributed by atoms with Crippen molar-refractivity contribution in [3.05, 3.63) is 42.5 Å². The Kier molecular flexibility index (Phi) is 17.5. The van der Waals surface area contributed by atoms with Crippen LogP contribution in [0.15, 0.2) is 47.4 Å². The zero-order valence-corrected chi connectivity index (χ0v) is 21.9. The number of benzene rings is 1. The molecule has 3 heteroatoms. The Balaban J connectivity index is 2.19. The Morgan fingerprint density at radius 2 is 1.06 bits per heavy atom. The van der Waals surface area contributed by atoms with Gasteiger partial charge in [0.2, 0.25) is 0 Å². The van der Waals surface area contributed by atoms with Crippen LogP contribution in [0.1, 0.15) is 129 Å². The second-order valence-corrected chi connectivity index (χ2v) is 11.6. The first-order chi connectivity index (χ1) is 15.6. The Labute approximate surface area is 200 Å². The molecule has 0 amide bonds. The number of sulfone groups is 1. The second-order valence-electron chi connectivity index (χ2n) is 9.35. The summed E-state index contributed by atoms with van der Waals surface area (Å²) < 4.78 is 26.2. The molecule has 0 aliphatic rings. The van der Waals surface area contributed by atoms with E-state index in [1.165, 1.54) is 70.6 Å². The highest BCUT2D eigenvalue weighted by molar-refractivity contribution is 7.92. The lowest BCUT2D eigenvalue weighted by Crippen LogP contribution is -2.21. The summed E-state index contributed by atoms with van der Waals surface area (Å²) in [5.74, 6) is 0. The van der Waals surface area contributed by atoms with Gasteiger partial charge < -0.3 is 0 Å². The lowest BCUT2D eigenvalue weighted by molar-refractivity contribution is 0.521. The SMILES string of the molecule is CCCCCCCCC=CCCCCCCCC(CCCCC)S(=O)(=O)c1ccccc1. The lowest BCUT2D eigenvalue weighted by Gasteiger charge is -2.18. The molecule has 1 rings (SSSR count). The van der Waals surface area contributed by atoms with Crippen LogP contribution in [0.5, 0.6) is 0 Å². The van der Waals surface area contributed by atoms with Crippen LogP contribution in [0.4, 0.5) is 0 Å². The van der Waals surface area contributed by atoms with Gasteiger partial charge in [-0.15, -0.1) is 0 Å². The number of rotatable bonds is 21. The van der Waals surface area contributed by atoms with E-state index < -0.39 is 9.84 Å². The summed E-state index contributed by atoms with van der Waals surface area (Å²) in [6.45, 7) is 4.44. The van der Waals surface area contributed by atoms with Crippen LogP contribution in [-0.2, 0) is 9.84 Å². The summed E-state index contributed by atoms with van der Waals surface area (Å²) >= 11 is 0. The van der Waals surface area contributed by atoms with E-state index in [1.54, 1.807) is 12.1 Å². The molecule has 32 heavy (non-hydrogen) atoms. The molecule has 0 aliphatic carbocycles. The maximum absolute atomic E-state index is 13.1. The van der Waals surface area contributed by atoms with E-state index in [1.807, 2.05) is 18.2 Å². The van der Waals surface area contributed by atoms with Gasteiger partial charge in [0, 0.05) is 0 Å². The average Bonchev–Trinajstić information content (AvgIpc) is 2.81. The molecule has 0 saturated carbocycles. The van der Waals surface area contributed by atoms with Gasteiger partial charge >= 0.3 is 0 Å². The molecule has 0 aliphatic heterocycles. The van der Waals surface area contributed by atoms with E-state index >= 15 is 0 Å². The van der Waals surface area contributed by atoms with Gasteiger partial charge in [0.1, 0.15) is 0 Å². The van der Waals surface area contributed by atoms with Crippen molar-refractivity contribution in [2.24, 2.45) is 0 Å². The first kappa shape index (κ1) is 28.9. The van der Waals surface area contributed by atoms with Crippen molar-refractivity contribution in [3.63, 3.8) is 0 Å². The molecule has 1 aromatic rings. The van der Waals surface area contributed by atoms with Crippen LogP contribution in [0.25, 0.3) is 0 Å². The molecule has 0 N–H and O–H groups in total. The molecule has 0 aromatic heterocycles. The van der Waals surface area contributed by atoms with Gasteiger partial charge in [0.15, 0.2) is 9.84 Å². The van der Waals surface area contributed by atoms with Crippen molar-refractivity contribution >= 4 is 9.84 Å². The Morgan fingerprint density at radius 1 is 0.625 bits per heavy atom. The fourth-order valence-electron chi connectivity index (χ4n) is 4.32. The third kappa shape index (κ3) is 13.5. The van der Waals surface area contributed by atoms with Crippen molar-refractivity contribution < 1.29 is 8.42 Å². The topological polar surface area (TPSA) is 34.1 Å². The van der Waals surface area contributed by atoms with Crippen LogP contribution in [0.2, 0.25) is 0 Å². The van der Waals surface area contributed by atoms with E-state index in [-0.39, 0.29) is 5.25 Å². The molecule has 0 radical (unpaired) electrons. The molecule has 0 bridgehead atoms. The monoisotopic (exact) mass is 462 g/mol. The second kappa shape index (κ2) is 19.4. The van der Waals surface area contributed by atoms with Gasteiger partial charge in [-0.1, -0.05) is 121 Å². The zero-order valence-electron chi connectivity index (χ0n) is 21.1. The summed E-state index contributed by atoms with van der Waals surface area (Å²) in [4.78, 5) is 0.495. The molecular formula is C29H50O2S. The highest BCUT2D eigenvalue weighted by Crippen LogP contribution is 2.25. The smallest absolute Gasteiger partial charge is 0.181 e. The zero-order chi connectivity index (χ0) is 23.3. The minimum atomic E-state index is -3.21. The molecule has 1 unspecified atom stereocenters. The van der Waals surface area contributed by atoms with Crippen molar-refractivity contribution in [1.29, 1.82) is 0 Å². The Hall–Kier alpha value is -1.09. The summed E-state index contributed by atoms with van der Waals surface area (Å²) in [6.07, 6.45) is 26.2. The van der Waals surface area contributed by atoms with Crippen molar-refractivity contribution in [3.8, 4) is 0 Å². The van der Waals surface area contributed by atoms with Crippen molar-refractivity contribution in [2.45, 2.75) is 140 Å². The molecule has 1 atom stereocenters. The molecule has 2 nitrogen and oxygen atoms in total. The molecule has 0 fully saturated rings. The fourth-order valence-corrected chi connectivity index (χ4v) is 6.20. The first-order valence-corrected chi connectivity index (χ1v) is 15.1. The maximum Gasteiger partial charge on any atom is 0.181 e. The van der Waals surface area contributed by atoms with Gasteiger partial charge in [-0.25, -0.2) is 8.42 Å². The highest BCUT2D eigenvalue weighted by Gasteiger charge is 2.26. The predicted octanol–water partition coefficient (Wildman–Crippen LogP) is 9.45. The van der Waals surface area contributed by atoms with E-state index in [2.05, 4.69) is 26.0 Å². The van der Waals surface area contributed by atoms with Crippen LogP contribution < -0.4 is 0 Å². The summed E-state index contributed by atoms with van der Waals surface area (Å²) in [5.41, 5.74) is 0. The Bertz CT molecular complexity index is 664. The van der Waals surface area contributed by atoms with Gasteiger partial charge in [-0.2, -0.15) is 0 Å². The molecule has 1 aromatic carbocycles. The first-order valence-electron chi connectivity index (χ1n) is 13.6. The summed E-state index contributed by atoms with van der Waals surface area (Å²) in [7, 11) is -3.21. The molecule has 184 valence electrons. The number of hydrogen-bond donors (Lipinski definition) is 0. The lowest BCUT2D eigenvalue weighted by atomic mass is 10.0. The molecule has 0 saturated heterocycles. The normalized spacial score (nSPS) is 13.1.